The van der Waals surface area contributed by atoms with Gasteiger partial charge in [0.2, 0.25) is 5.78 Å². The second kappa shape index (κ2) is 5.32. The van der Waals surface area contributed by atoms with E-state index in [1.165, 1.54) is 30.5 Å². The van der Waals surface area contributed by atoms with E-state index in [0.29, 0.717) is 10.4 Å². The molecule has 21 heavy (non-hydrogen) atoms. The number of aliphatic hydroxyl groups is 1. The van der Waals surface area contributed by atoms with Crippen LogP contribution >= 0.6 is 11.3 Å². The molecule has 2 rings (SSSR count). The number of rotatable bonds is 4. The summed E-state index contributed by atoms with van der Waals surface area (Å²) >= 11 is 1.12. The first-order chi connectivity index (χ1) is 9.59. The Hall–Kier alpha value is -1.57. The van der Waals surface area contributed by atoms with Crippen LogP contribution in [0.25, 0.3) is 0 Å². The lowest BCUT2D eigenvalue weighted by Crippen LogP contribution is -2.12. The Bertz CT molecular complexity index is 768. The van der Waals surface area contributed by atoms with Gasteiger partial charge in [0.25, 0.3) is 0 Å². The summed E-state index contributed by atoms with van der Waals surface area (Å²) in [6, 6.07) is 5.72. The Morgan fingerprint density at radius 1 is 1.24 bits per heavy atom. The van der Waals surface area contributed by atoms with Crippen LogP contribution in [0.3, 0.4) is 0 Å². The van der Waals surface area contributed by atoms with Gasteiger partial charge in [-0.3, -0.25) is 4.79 Å². The van der Waals surface area contributed by atoms with Crippen molar-refractivity contribution in [1.29, 1.82) is 0 Å². The number of sulfone groups is 1. The number of benzene rings is 1. The summed E-state index contributed by atoms with van der Waals surface area (Å²) in [6.07, 6.45) is 2.59. The topological polar surface area (TPSA) is 84.3 Å². The molecule has 0 bridgehead atoms. The zero-order valence-electron chi connectivity index (χ0n) is 11.8. The lowest BCUT2D eigenvalue weighted by atomic mass is 10.1. The molecule has 112 valence electrons. The highest BCUT2D eigenvalue weighted by atomic mass is 32.2. The van der Waals surface area contributed by atoms with E-state index >= 15 is 0 Å². The average Bonchev–Trinajstić information content (AvgIpc) is 2.86. The van der Waals surface area contributed by atoms with Crippen LogP contribution in [0.2, 0.25) is 0 Å². The van der Waals surface area contributed by atoms with Crippen molar-refractivity contribution in [1.82, 2.24) is 4.98 Å². The van der Waals surface area contributed by atoms with Crippen molar-refractivity contribution < 1.29 is 18.3 Å². The fourth-order valence-corrected chi connectivity index (χ4v) is 3.15. The third kappa shape index (κ3) is 3.55. The number of carbonyl (C=O) groups is 1. The van der Waals surface area contributed by atoms with E-state index < -0.39 is 15.4 Å². The molecule has 1 heterocycles. The first-order valence-corrected chi connectivity index (χ1v) is 8.83. The third-order valence-corrected chi connectivity index (χ3v) is 5.29. The Labute approximate surface area is 127 Å². The van der Waals surface area contributed by atoms with Gasteiger partial charge in [0.15, 0.2) is 14.8 Å². The molecule has 0 spiro atoms. The van der Waals surface area contributed by atoms with Crippen molar-refractivity contribution in [3.63, 3.8) is 0 Å². The molecule has 1 aromatic heterocycles. The number of aromatic nitrogens is 1. The molecule has 0 saturated carbocycles. The predicted molar refractivity (Wildman–Crippen MR) is 80.3 cm³/mol. The van der Waals surface area contributed by atoms with Crippen LogP contribution in [0.1, 0.15) is 34.1 Å². The first kappa shape index (κ1) is 15.8. The largest absolute Gasteiger partial charge is 0.385 e. The molecule has 0 aliphatic rings. The zero-order valence-corrected chi connectivity index (χ0v) is 13.5. The molecule has 0 aliphatic heterocycles. The van der Waals surface area contributed by atoms with E-state index in [1.807, 2.05) is 0 Å². The maximum Gasteiger partial charge on any atom is 0.221 e. The highest BCUT2D eigenvalue weighted by Crippen LogP contribution is 2.27. The van der Waals surface area contributed by atoms with Crippen molar-refractivity contribution in [3.05, 3.63) is 45.9 Å². The van der Waals surface area contributed by atoms with Crippen LogP contribution in [0, 0.1) is 0 Å². The summed E-state index contributed by atoms with van der Waals surface area (Å²) in [6.45, 7) is 3.24. The van der Waals surface area contributed by atoms with Gasteiger partial charge in [-0.1, -0.05) is 0 Å². The van der Waals surface area contributed by atoms with E-state index in [9.17, 15) is 18.3 Å². The van der Waals surface area contributed by atoms with Crippen LogP contribution in [0.4, 0.5) is 0 Å². The van der Waals surface area contributed by atoms with E-state index in [-0.39, 0.29) is 15.7 Å². The highest BCUT2D eigenvalue weighted by molar-refractivity contribution is 7.90. The standard InChI is InChI=1S/C14H15NO4S2/c1-14(2,17)11-8-15-13(20-11)12(16)9-4-6-10(7-5-9)21(3,18)19/h4-8,17H,1-3H3. The highest BCUT2D eigenvalue weighted by Gasteiger charge is 2.22. The van der Waals surface area contributed by atoms with E-state index in [4.69, 9.17) is 0 Å². The van der Waals surface area contributed by atoms with E-state index in [1.54, 1.807) is 13.8 Å². The summed E-state index contributed by atoms with van der Waals surface area (Å²) in [4.78, 5) is 17.0. The predicted octanol–water partition coefficient (Wildman–Crippen LogP) is 2.00. The minimum Gasteiger partial charge on any atom is -0.385 e. The normalized spacial score (nSPS) is 12.4. The van der Waals surface area contributed by atoms with E-state index in [2.05, 4.69) is 4.98 Å². The molecule has 1 aromatic carbocycles. The van der Waals surface area contributed by atoms with Gasteiger partial charge in [-0.05, 0) is 38.1 Å². The molecule has 0 amide bonds. The Balaban J connectivity index is 2.30. The van der Waals surface area contributed by atoms with Gasteiger partial charge in [-0.15, -0.1) is 11.3 Å². The SMILES string of the molecule is CC(C)(O)c1cnc(C(=O)c2ccc(S(C)(=O)=O)cc2)s1. The molecule has 2 aromatic rings. The van der Waals surface area contributed by atoms with Crippen molar-refractivity contribution in [2.75, 3.05) is 6.26 Å². The second-order valence-corrected chi connectivity index (χ2v) is 8.26. The fourth-order valence-electron chi connectivity index (χ4n) is 1.64. The lowest BCUT2D eigenvalue weighted by Gasteiger charge is -2.12. The molecule has 0 atom stereocenters. The van der Waals surface area contributed by atoms with Crippen LogP contribution in [-0.4, -0.2) is 30.5 Å². The number of nitrogens with zero attached hydrogens (tertiary/aromatic N) is 1. The number of carbonyl (C=O) groups excluding carboxylic acids is 1. The summed E-state index contributed by atoms with van der Waals surface area (Å²) in [5.74, 6) is -0.296. The molecule has 0 aliphatic carbocycles. The molecular weight excluding hydrogens is 310 g/mol. The van der Waals surface area contributed by atoms with Crippen LogP contribution in [0.15, 0.2) is 35.4 Å². The number of hydrogen-bond acceptors (Lipinski definition) is 6. The maximum atomic E-state index is 12.3. The van der Waals surface area contributed by atoms with Crippen molar-refractivity contribution in [2.24, 2.45) is 0 Å². The number of thiazole rings is 1. The fraction of sp³-hybridized carbons (Fsp3) is 0.286. The van der Waals surface area contributed by atoms with Gasteiger partial charge in [0.1, 0.15) is 0 Å². The van der Waals surface area contributed by atoms with Crippen molar-refractivity contribution in [2.45, 2.75) is 24.3 Å². The maximum absolute atomic E-state index is 12.3. The van der Waals surface area contributed by atoms with Crippen LogP contribution in [-0.2, 0) is 15.4 Å². The minimum atomic E-state index is -3.28. The van der Waals surface area contributed by atoms with Gasteiger partial charge in [-0.2, -0.15) is 0 Å². The van der Waals surface area contributed by atoms with Gasteiger partial charge in [0, 0.05) is 18.0 Å². The monoisotopic (exact) mass is 325 g/mol. The smallest absolute Gasteiger partial charge is 0.221 e. The molecule has 0 unspecified atom stereocenters. The first-order valence-electron chi connectivity index (χ1n) is 6.12. The summed E-state index contributed by atoms with van der Waals surface area (Å²) in [7, 11) is -3.28. The van der Waals surface area contributed by atoms with Crippen LogP contribution in [0.5, 0.6) is 0 Å². The number of hydrogen-bond donors (Lipinski definition) is 1. The second-order valence-electron chi connectivity index (χ2n) is 5.21. The average molecular weight is 325 g/mol. The Morgan fingerprint density at radius 3 is 2.24 bits per heavy atom. The summed E-state index contributed by atoms with van der Waals surface area (Å²) in [5, 5.41) is 10.1. The van der Waals surface area contributed by atoms with Gasteiger partial charge in [0.05, 0.1) is 15.4 Å². The van der Waals surface area contributed by atoms with E-state index in [0.717, 1.165) is 17.6 Å². The van der Waals surface area contributed by atoms with Crippen LogP contribution < -0.4 is 0 Å². The quantitative estimate of drug-likeness (QED) is 0.869. The molecule has 5 nitrogen and oxygen atoms in total. The molecule has 0 radical (unpaired) electrons. The summed E-state index contributed by atoms with van der Waals surface area (Å²) < 4.78 is 22.7. The van der Waals surface area contributed by atoms with Crippen molar-refractivity contribution in [3.8, 4) is 0 Å². The molecular formula is C14H15NO4S2. The lowest BCUT2D eigenvalue weighted by molar-refractivity contribution is 0.0823. The van der Waals surface area contributed by atoms with Gasteiger partial charge in [-0.25, -0.2) is 13.4 Å². The Kier molecular flexibility index (Phi) is 4.01. The van der Waals surface area contributed by atoms with Gasteiger partial charge >= 0.3 is 0 Å². The molecule has 1 N–H and O–H groups in total. The minimum absolute atomic E-state index is 0.162. The number of ketones is 1. The van der Waals surface area contributed by atoms with Gasteiger partial charge < -0.3 is 5.11 Å². The molecule has 0 fully saturated rings. The Morgan fingerprint density at radius 2 is 1.81 bits per heavy atom. The molecule has 7 heteroatoms. The summed E-state index contributed by atoms with van der Waals surface area (Å²) in [5.41, 5.74) is -0.685. The zero-order chi connectivity index (χ0) is 15.8. The van der Waals surface area contributed by atoms with Crippen molar-refractivity contribution >= 4 is 27.0 Å². The third-order valence-electron chi connectivity index (χ3n) is 2.85. The molecule has 0 saturated heterocycles.